The first-order valence-electron chi connectivity index (χ1n) is 5.51. The fourth-order valence-corrected chi connectivity index (χ4v) is 2.05. The Morgan fingerprint density at radius 2 is 2.17 bits per heavy atom. The lowest BCUT2D eigenvalue weighted by Crippen LogP contribution is -2.50. The van der Waals surface area contributed by atoms with Crippen molar-refractivity contribution < 1.29 is 14.3 Å². The van der Waals surface area contributed by atoms with Gasteiger partial charge in [-0.3, -0.25) is 9.59 Å². The van der Waals surface area contributed by atoms with Crippen LogP contribution < -0.4 is 15.4 Å². The number of nitrogens with two attached hydrogens (primary N) is 1. The van der Waals surface area contributed by atoms with Crippen molar-refractivity contribution in [3.05, 3.63) is 24.3 Å². The largest absolute Gasteiger partial charge is 0.477 e. The number of hydrogen-bond donors (Lipinski definition) is 1. The molecule has 5 nitrogen and oxygen atoms in total. The summed E-state index contributed by atoms with van der Waals surface area (Å²) in [5.74, 6) is -0.212. The maximum Gasteiger partial charge on any atom is 0.260 e. The minimum absolute atomic E-state index is 0.128. The average molecular weight is 313 g/mol. The molecule has 0 saturated heterocycles. The molecule has 0 aromatic heterocycles. The zero-order valence-electron chi connectivity index (χ0n) is 9.80. The predicted octanol–water partition coefficient (Wildman–Crippen LogP) is 1.05. The molecule has 96 valence electrons. The summed E-state index contributed by atoms with van der Waals surface area (Å²) in [6, 6.07) is 7.08. The Labute approximate surface area is 113 Å². The number of primary amides is 1. The molecule has 6 heteroatoms. The van der Waals surface area contributed by atoms with E-state index < -0.39 is 12.0 Å². The van der Waals surface area contributed by atoms with E-state index in [0.717, 1.165) is 0 Å². The van der Waals surface area contributed by atoms with E-state index in [4.69, 9.17) is 10.5 Å². The number of amides is 2. The third-order valence-corrected chi connectivity index (χ3v) is 3.09. The monoisotopic (exact) mass is 312 g/mol. The second-order valence-electron chi connectivity index (χ2n) is 4.04. The maximum atomic E-state index is 12.1. The Morgan fingerprint density at radius 3 is 2.78 bits per heavy atom. The summed E-state index contributed by atoms with van der Waals surface area (Å²) >= 11 is 3.24. The van der Waals surface area contributed by atoms with Crippen LogP contribution in [-0.2, 0) is 9.59 Å². The predicted molar refractivity (Wildman–Crippen MR) is 70.8 cm³/mol. The van der Waals surface area contributed by atoms with Gasteiger partial charge in [-0.2, -0.15) is 0 Å². The van der Waals surface area contributed by atoms with Gasteiger partial charge >= 0.3 is 0 Å². The molecule has 2 N–H and O–H groups in total. The van der Waals surface area contributed by atoms with E-state index >= 15 is 0 Å². The summed E-state index contributed by atoms with van der Waals surface area (Å²) in [6.45, 7) is 1.88. The lowest BCUT2D eigenvalue weighted by atomic mass is 10.1. The third-order valence-electron chi connectivity index (χ3n) is 2.70. The fraction of sp³-hybridized carbons (Fsp3) is 0.333. The number of nitrogens with zero attached hydrogens (tertiary/aromatic N) is 1. The molecule has 0 aliphatic carbocycles. The van der Waals surface area contributed by atoms with Crippen molar-refractivity contribution in [3.8, 4) is 5.75 Å². The van der Waals surface area contributed by atoms with Gasteiger partial charge in [-0.15, -0.1) is 0 Å². The average Bonchev–Trinajstić information content (AvgIpc) is 2.36. The Kier molecular flexibility index (Phi) is 3.56. The smallest absolute Gasteiger partial charge is 0.260 e. The summed E-state index contributed by atoms with van der Waals surface area (Å²) in [6.07, 6.45) is -0.810. The van der Waals surface area contributed by atoms with Crippen LogP contribution in [0, 0.1) is 0 Å². The molecular weight excluding hydrogens is 300 g/mol. The van der Waals surface area contributed by atoms with Crippen LogP contribution in [0.2, 0.25) is 0 Å². The van der Waals surface area contributed by atoms with Crippen LogP contribution in [0.4, 0.5) is 5.69 Å². The highest BCUT2D eigenvalue weighted by atomic mass is 79.9. The van der Waals surface area contributed by atoms with Crippen LogP contribution in [0.1, 0.15) is 6.92 Å². The summed E-state index contributed by atoms with van der Waals surface area (Å²) in [5, 5.41) is 0. The number of fused-ring (bicyclic) bond motifs is 1. The second-order valence-corrected chi connectivity index (χ2v) is 5.41. The highest BCUT2D eigenvalue weighted by Gasteiger charge is 2.33. The van der Waals surface area contributed by atoms with Gasteiger partial charge in [-0.25, -0.2) is 0 Å². The van der Waals surface area contributed by atoms with Crippen molar-refractivity contribution >= 4 is 33.4 Å². The van der Waals surface area contributed by atoms with E-state index in [1.807, 2.05) is 6.07 Å². The Hall–Kier alpha value is -1.56. The molecule has 2 amide bonds. The molecule has 1 heterocycles. The van der Waals surface area contributed by atoms with E-state index in [1.165, 1.54) is 4.90 Å². The molecule has 1 aliphatic rings. The van der Waals surface area contributed by atoms with Gasteiger partial charge in [0.15, 0.2) is 6.10 Å². The number of carbonyl (C=O) groups is 2. The van der Waals surface area contributed by atoms with Gasteiger partial charge in [0.25, 0.3) is 5.91 Å². The zero-order chi connectivity index (χ0) is 13.3. The molecule has 1 aliphatic heterocycles. The van der Waals surface area contributed by atoms with Crippen molar-refractivity contribution in [1.82, 2.24) is 0 Å². The topological polar surface area (TPSA) is 72.6 Å². The number of para-hydroxylation sites is 2. The van der Waals surface area contributed by atoms with Crippen molar-refractivity contribution in [1.29, 1.82) is 0 Å². The summed E-state index contributed by atoms with van der Waals surface area (Å²) < 4.78 is 5.47. The zero-order valence-corrected chi connectivity index (χ0v) is 11.4. The summed E-state index contributed by atoms with van der Waals surface area (Å²) in [7, 11) is 0. The molecule has 1 aromatic carbocycles. The number of rotatable bonds is 2. The van der Waals surface area contributed by atoms with Gasteiger partial charge in [0.2, 0.25) is 5.91 Å². The molecule has 0 fully saturated rings. The number of anilines is 1. The number of benzene rings is 1. The minimum Gasteiger partial charge on any atom is -0.477 e. The van der Waals surface area contributed by atoms with E-state index in [9.17, 15) is 9.59 Å². The number of ether oxygens (including phenoxy) is 1. The first-order chi connectivity index (χ1) is 8.50. The molecule has 0 spiro atoms. The minimum atomic E-state index is -0.810. The van der Waals surface area contributed by atoms with Crippen molar-refractivity contribution in [2.75, 3.05) is 11.4 Å². The van der Waals surface area contributed by atoms with Gasteiger partial charge in [-0.1, -0.05) is 28.1 Å². The van der Waals surface area contributed by atoms with Crippen LogP contribution >= 0.6 is 15.9 Å². The van der Waals surface area contributed by atoms with Crippen LogP contribution in [-0.4, -0.2) is 29.3 Å². The van der Waals surface area contributed by atoms with Gasteiger partial charge in [-0.05, 0) is 19.1 Å². The molecule has 2 unspecified atom stereocenters. The number of carbonyl (C=O) groups excluding carboxylic acids is 2. The number of halogens is 1. The summed E-state index contributed by atoms with van der Waals surface area (Å²) in [5.41, 5.74) is 5.91. The Bertz CT molecular complexity index is 490. The van der Waals surface area contributed by atoms with Crippen LogP contribution in [0.25, 0.3) is 0 Å². The Balaban J connectivity index is 2.39. The second kappa shape index (κ2) is 4.97. The first kappa shape index (κ1) is 12.9. The quantitative estimate of drug-likeness (QED) is 0.830. The molecule has 0 saturated carbocycles. The van der Waals surface area contributed by atoms with Crippen molar-refractivity contribution in [3.63, 3.8) is 0 Å². The maximum absolute atomic E-state index is 12.1. The standard InChI is InChI=1S/C12H13BrN2O3/c1-7(13)12(17)15-6-10(11(14)16)18-9-5-3-2-4-8(9)15/h2-5,7,10H,6H2,1H3,(H2,14,16). The fourth-order valence-electron chi connectivity index (χ4n) is 1.81. The molecular formula is C12H13BrN2O3. The molecule has 18 heavy (non-hydrogen) atoms. The third kappa shape index (κ3) is 2.33. The molecule has 1 aromatic rings. The van der Waals surface area contributed by atoms with Crippen LogP contribution in [0.5, 0.6) is 5.75 Å². The number of alkyl halides is 1. The SMILES string of the molecule is CC(Br)C(=O)N1CC(C(N)=O)Oc2ccccc21. The van der Waals surface area contributed by atoms with Gasteiger partial charge < -0.3 is 15.4 Å². The van der Waals surface area contributed by atoms with Crippen molar-refractivity contribution in [2.24, 2.45) is 5.73 Å². The van der Waals surface area contributed by atoms with Gasteiger partial charge in [0.05, 0.1) is 17.1 Å². The molecule has 0 bridgehead atoms. The van der Waals surface area contributed by atoms with Gasteiger partial charge in [0, 0.05) is 0 Å². The van der Waals surface area contributed by atoms with E-state index in [2.05, 4.69) is 15.9 Å². The highest BCUT2D eigenvalue weighted by molar-refractivity contribution is 9.10. The molecule has 0 radical (unpaired) electrons. The molecule has 2 atom stereocenters. The van der Waals surface area contributed by atoms with E-state index in [-0.39, 0.29) is 17.3 Å². The van der Waals surface area contributed by atoms with E-state index in [0.29, 0.717) is 11.4 Å². The lowest BCUT2D eigenvalue weighted by molar-refractivity contribution is -0.125. The number of hydrogen-bond acceptors (Lipinski definition) is 3. The lowest BCUT2D eigenvalue weighted by Gasteiger charge is -2.34. The van der Waals surface area contributed by atoms with Crippen molar-refractivity contribution in [2.45, 2.75) is 17.9 Å². The normalized spacial score (nSPS) is 19.7. The highest BCUT2D eigenvalue weighted by Crippen LogP contribution is 2.33. The van der Waals surface area contributed by atoms with E-state index in [1.54, 1.807) is 25.1 Å². The first-order valence-corrected chi connectivity index (χ1v) is 6.42. The Morgan fingerprint density at radius 1 is 1.50 bits per heavy atom. The molecule has 2 rings (SSSR count). The van der Waals surface area contributed by atoms with Gasteiger partial charge in [0.1, 0.15) is 5.75 Å². The summed E-state index contributed by atoms with van der Waals surface area (Å²) in [4.78, 5) is 24.5. The van der Waals surface area contributed by atoms with Crippen LogP contribution in [0.3, 0.4) is 0 Å². The van der Waals surface area contributed by atoms with Crippen LogP contribution in [0.15, 0.2) is 24.3 Å².